The fourth-order valence-electron chi connectivity index (χ4n) is 2.51. The van der Waals surface area contributed by atoms with E-state index in [0.29, 0.717) is 6.04 Å². The minimum Gasteiger partial charge on any atom is -0.493 e. The summed E-state index contributed by atoms with van der Waals surface area (Å²) in [5.41, 5.74) is 8.67. The molecule has 0 aromatic heterocycles. The first-order valence-electron chi connectivity index (χ1n) is 6.58. The second-order valence-electron chi connectivity index (χ2n) is 6.14. The van der Waals surface area contributed by atoms with Gasteiger partial charge in [0.2, 0.25) is 0 Å². The smallest absolute Gasteiger partial charge is 0.122 e. The Bertz CT molecular complexity index is 421. The van der Waals surface area contributed by atoms with Gasteiger partial charge in [0, 0.05) is 18.0 Å². The molecule has 0 saturated carbocycles. The van der Waals surface area contributed by atoms with E-state index < -0.39 is 0 Å². The molecule has 100 valence electrons. The number of ether oxygens (including phenoxy) is 1. The van der Waals surface area contributed by atoms with Gasteiger partial charge < -0.3 is 15.4 Å². The van der Waals surface area contributed by atoms with Gasteiger partial charge in [-0.3, -0.25) is 0 Å². The number of hydrogen-bond acceptors (Lipinski definition) is 3. The van der Waals surface area contributed by atoms with Gasteiger partial charge in [-0.1, -0.05) is 12.1 Å². The molecule has 0 bridgehead atoms. The number of benzene rings is 1. The summed E-state index contributed by atoms with van der Waals surface area (Å²) in [4.78, 5) is 2.24. The topological polar surface area (TPSA) is 38.5 Å². The van der Waals surface area contributed by atoms with Gasteiger partial charge in [-0.05, 0) is 51.6 Å². The Hall–Kier alpha value is -1.06. The lowest BCUT2D eigenvalue weighted by atomic mass is 9.90. The van der Waals surface area contributed by atoms with Crippen molar-refractivity contribution in [1.82, 2.24) is 4.90 Å². The van der Waals surface area contributed by atoms with Gasteiger partial charge in [0.15, 0.2) is 0 Å². The average Bonchev–Trinajstić information content (AvgIpc) is 2.71. The monoisotopic (exact) mass is 248 g/mol. The Morgan fingerprint density at radius 2 is 2.11 bits per heavy atom. The highest BCUT2D eigenvalue weighted by atomic mass is 16.5. The molecule has 0 saturated heterocycles. The van der Waals surface area contributed by atoms with Crippen LogP contribution in [0.15, 0.2) is 18.2 Å². The maximum absolute atomic E-state index is 6.17. The van der Waals surface area contributed by atoms with Gasteiger partial charge in [0.05, 0.1) is 6.61 Å². The van der Waals surface area contributed by atoms with Crippen molar-refractivity contribution in [2.24, 2.45) is 5.73 Å². The standard InChI is InChI=1S/C15H24N2O/c1-15(2,16)10-13(17(3)4)11-5-6-14-12(9-11)7-8-18-14/h5-6,9,13H,7-8,10,16H2,1-4H3. The summed E-state index contributed by atoms with van der Waals surface area (Å²) in [5.74, 6) is 1.04. The summed E-state index contributed by atoms with van der Waals surface area (Å²) >= 11 is 0. The van der Waals surface area contributed by atoms with E-state index in [4.69, 9.17) is 10.5 Å². The fraction of sp³-hybridized carbons (Fsp3) is 0.600. The van der Waals surface area contributed by atoms with Gasteiger partial charge in [0.1, 0.15) is 5.75 Å². The summed E-state index contributed by atoms with van der Waals surface area (Å²) in [7, 11) is 4.22. The van der Waals surface area contributed by atoms with Gasteiger partial charge >= 0.3 is 0 Å². The lowest BCUT2D eigenvalue weighted by Crippen LogP contribution is -2.37. The lowest BCUT2D eigenvalue weighted by Gasteiger charge is -2.31. The summed E-state index contributed by atoms with van der Waals surface area (Å²) in [6.07, 6.45) is 1.97. The van der Waals surface area contributed by atoms with Gasteiger partial charge in [0.25, 0.3) is 0 Å². The van der Waals surface area contributed by atoms with E-state index in [0.717, 1.165) is 25.2 Å². The summed E-state index contributed by atoms with van der Waals surface area (Å²) in [6.45, 7) is 4.98. The molecule has 3 nitrogen and oxygen atoms in total. The highest BCUT2D eigenvalue weighted by Crippen LogP contribution is 2.32. The Labute approximate surface area is 110 Å². The number of fused-ring (bicyclic) bond motifs is 1. The number of nitrogens with two attached hydrogens (primary N) is 1. The van der Waals surface area contributed by atoms with Crippen molar-refractivity contribution in [3.63, 3.8) is 0 Å². The number of rotatable bonds is 4. The molecule has 0 amide bonds. The van der Waals surface area contributed by atoms with E-state index in [1.165, 1.54) is 11.1 Å². The first-order valence-corrected chi connectivity index (χ1v) is 6.58. The van der Waals surface area contributed by atoms with Crippen LogP contribution >= 0.6 is 0 Å². The van der Waals surface area contributed by atoms with Crippen LogP contribution in [-0.2, 0) is 6.42 Å². The first kappa shape index (κ1) is 13.4. The van der Waals surface area contributed by atoms with Crippen molar-refractivity contribution in [3.8, 4) is 5.75 Å². The van der Waals surface area contributed by atoms with Crippen LogP contribution in [0.5, 0.6) is 5.75 Å². The normalized spacial score (nSPS) is 16.6. The molecule has 0 aliphatic carbocycles. The molecule has 0 spiro atoms. The van der Waals surface area contributed by atoms with Crippen LogP contribution < -0.4 is 10.5 Å². The molecule has 1 aliphatic rings. The molecule has 3 heteroatoms. The van der Waals surface area contributed by atoms with Crippen LogP contribution in [0, 0.1) is 0 Å². The molecule has 2 N–H and O–H groups in total. The van der Waals surface area contributed by atoms with Crippen molar-refractivity contribution in [2.75, 3.05) is 20.7 Å². The Morgan fingerprint density at radius 3 is 2.72 bits per heavy atom. The number of hydrogen-bond donors (Lipinski definition) is 1. The second kappa shape index (κ2) is 4.90. The molecule has 1 aromatic carbocycles. The van der Waals surface area contributed by atoms with E-state index in [1.807, 2.05) is 0 Å². The zero-order chi connectivity index (χ0) is 13.3. The number of nitrogens with zero attached hydrogens (tertiary/aromatic N) is 1. The Morgan fingerprint density at radius 1 is 1.39 bits per heavy atom. The Kier molecular flexibility index (Phi) is 3.64. The minimum absolute atomic E-state index is 0.162. The highest BCUT2D eigenvalue weighted by molar-refractivity contribution is 5.40. The molecule has 1 heterocycles. The van der Waals surface area contributed by atoms with Crippen LogP contribution in [0.25, 0.3) is 0 Å². The fourth-order valence-corrected chi connectivity index (χ4v) is 2.51. The third-order valence-corrected chi connectivity index (χ3v) is 3.44. The van der Waals surface area contributed by atoms with E-state index >= 15 is 0 Å². The molecule has 1 atom stereocenters. The van der Waals surface area contributed by atoms with Crippen LogP contribution in [0.2, 0.25) is 0 Å². The van der Waals surface area contributed by atoms with E-state index in [2.05, 4.69) is 51.0 Å². The highest BCUT2D eigenvalue weighted by Gasteiger charge is 2.23. The van der Waals surface area contributed by atoms with Crippen molar-refractivity contribution in [3.05, 3.63) is 29.3 Å². The molecule has 0 fully saturated rings. The largest absolute Gasteiger partial charge is 0.493 e. The first-order chi connectivity index (χ1) is 8.37. The van der Waals surface area contributed by atoms with Crippen molar-refractivity contribution in [2.45, 2.75) is 38.3 Å². The van der Waals surface area contributed by atoms with Crippen molar-refractivity contribution in [1.29, 1.82) is 0 Å². The molecular formula is C15H24N2O. The second-order valence-corrected chi connectivity index (χ2v) is 6.14. The van der Waals surface area contributed by atoms with Crippen molar-refractivity contribution < 1.29 is 4.74 Å². The third kappa shape index (κ3) is 3.03. The van der Waals surface area contributed by atoms with Gasteiger partial charge in [-0.2, -0.15) is 0 Å². The average molecular weight is 248 g/mol. The zero-order valence-corrected chi connectivity index (χ0v) is 11.9. The summed E-state index contributed by atoms with van der Waals surface area (Å²) < 4.78 is 5.56. The van der Waals surface area contributed by atoms with Crippen LogP contribution in [-0.4, -0.2) is 31.1 Å². The van der Waals surface area contributed by atoms with Crippen LogP contribution in [0.4, 0.5) is 0 Å². The van der Waals surface area contributed by atoms with Gasteiger partial charge in [-0.15, -0.1) is 0 Å². The van der Waals surface area contributed by atoms with E-state index in [1.54, 1.807) is 0 Å². The van der Waals surface area contributed by atoms with Gasteiger partial charge in [-0.25, -0.2) is 0 Å². The molecule has 2 rings (SSSR count). The van der Waals surface area contributed by atoms with Crippen LogP contribution in [0.1, 0.15) is 37.4 Å². The lowest BCUT2D eigenvalue weighted by molar-refractivity contribution is 0.243. The Balaban J connectivity index is 2.26. The van der Waals surface area contributed by atoms with E-state index in [-0.39, 0.29) is 5.54 Å². The quantitative estimate of drug-likeness (QED) is 0.889. The predicted octanol–water partition coefficient (Wildman–Crippen LogP) is 2.35. The van der Waals surface area contributed by atoms with Crippen LogP contribution in [0.3, 0.4) is 0 Å². The molecule has 1 aromatic rings. The van der Waals surface area contributed by atoms with E-state index in [9.17, 15) is 0 Å². The molecule has 1 aliphatic heterocycles. The molecule has 1 unspecified atom stereocenters. The summed E-state index contributed by atoms with van der Waals surface area (Å²) in [5, 5.41) is 0. The maximum Gasteiger partial charge on any atom is 0.122 e. The predicted molar refractivity (Wildman–Crippen MR) is 75.0 cm³/mol. The third-order valence-electron chi connectivity index (χ3n) is 3.44. The van der Waals surface area contributed by atoms with Crippen molar-refractivity contribution >= 4 is 0 Å². The maximum atomic E-state index is 6.17. The molecule has 0 radical (unpaired) electrons. The zero-order valence-electron chi connectivity index (χ0n) is 11.9. The SMILES string of the molecule is CN(C)C(CC(C)(C)N)c1ccc2c(c1)CCO2. The summed E-state index contributed by atoms with van der Waals surface area (Å²) in [6, 6.07) is 6.90. The molecular weight excluding hydrogens is 224 g/mol. The molecule has 18 heavy (non-hydrogen) atoms. The minimum atomic E-state index is -0.162.